The number of carbonyl (C=O) groups is 2. The third-order valence-electron chi connectivity index (χ3n) is 2.34. The zero-order chi connectivity index (χ0) is 12.3. The average Bonchev–Trinajstić information content (AvgIpc) is 2.75. The summed E-state index contributed by atoms with van der Waals surface area (Å²) >= 11 is 1.62. The van der Waals surface area contributed by atoms with E-state index in [1.54, 1.807) is 17.4 Å². The van der Waals surface area contributed by atoms with E-state index in [-0.39, 0.29) is 18.9 Å². The molecule has 0 atom stereocenters. The number of aliphatic carboxylic acids is 1. The fraction of sp³-hybridized carbons (Fsp3) is 0.167. The van der Waals surface area contributed by atoms with Gasteiger partial charge >= 0.3 is 5.97 Å². The first-order chi connectivity index (χ1) is 8.16. The summed E-state index contributed by atoms with van der Waals surface area (Å²) in [5, 5.41) is 14.0. The van der Waals surface area contributed by atoms with Gasteiger partial charge in [-0.25, -0.2) is 0 Å². The van der Waals surface area contributed by atoms with E-state index in [0.29, 0.717) is 5.56 Å². The van der Waals surface area contributed by atoms with Crippen LogP contribution in [0, 0.1) is 0 Å². The lowest BCUT2D eigenvalue weighted by molar-refractivity contribution is -0.136. The maximum atomic E-state index is 11.7. The predicted molar refractivity (Wildman–Crippen MR) is 66.4 cm³/mol. The number of carboxylic acids is 1. The summed E-state index contributed by atoms with van der Waals surface area (Å²) in [5.41, 5.74) is 0.557. The first kappa shape index (κ1) is 11.6. The Hall–Kier alpha value is -1.88. The molecule has 0 radical (unpaired) electrons. The summed E-state index contributed by atoms with van der Waals surface area (Å²) in [6.45, 7) is 0.149. The molecule has 0 aliphatic rings. The van der Waals surface area contributed by atoms with Gasteiger partial charge in [-0.3, -0.25) is 9.59 Å². The molecular weight excluding hydrogens is 238 g/mol. The van der Waals surface area contributed by atoms with Gasteiger partial charge in [0.15, 0.2) is 0 Å². The molecule has 2 rings (SSSR count). The van der Waals surface area contributed by atoms with Crippen LogP contribution in [0.4, 0.5) is 0 Å². The fourth-order valence-electron chi connectivity index (χ4n) is 1.49. The highest BCUT2D eigenvalue weighted by molar-refractivity contribution is 7.17. The van der Waals surface area contributed by atoms with E-state index in [1.165, 1.54) is 0 Å². The average molecular weight is 249 g/mol. The van der Waals surface area contributed by atoms with Crippen LogP contribution >= 0.6 is 11.3 Å². The number of nitrogens with one attached hydrogen (secondary N) is 1. The molecule has 2 N–H and O–H groups in total. The Balaban J connectivity index is 2.05. The molecule has 0 bridgehead atoms. The second kappa shape index (κ2) is 4.97. The molecule has 4 nitrogen and oxygen atoms in total. The minimum absolute atomic E-state index is 0.0631. The van der Waals surface area contributed by atoms with Crippen LogP contribution in [-0.2, 0) is 4.79 Å². The highest BCUT2D eigenvalue weighted by Gasteiger charge is 2.07. The molecule has 2 aromatic rings. The fourth-order valence-corrected chi connectivity index (χ4v) is 2.26. The zero-order valence-electron chi connectivity index (χ0n) is 8.97. The molecule has 0 unspecified atom stereocenters. The van der Waals surface area contributed by atoms with Crippen LogP contribution in [0.25, 0.3) is 10.1 Å². The van der Waals surface area contributed by atoms with Crippen LogP contribution in [0.15, 0.2) is 29.6 Å². The van der Waals surface area contributed by atoms with E-state index in [0.717, 1.165) is 10.1 Å². The second-order valence-corrected chi connectivity index (χ2v) is 4.52. The third kappa shape index (κ3) is 2.82. The maximum absolute atomic E-state index is 11.7. The molecule has 1 aromatic carbocycles. The molecule has 0 aliphatic carbocycles. The Labute approximate surface area is 102 Å². The van der Waals surface area contributed by atoms with Crippen molar-refractivity contribution in [1.82, 2.24) is 5.32 Å². The van der Waals surface area contributed by atoms with Gasteiger partial charge in [0.1, 0.15) is 0 Å². The monoisotopic (exact) mass is 249 g/mol. The highest BCUT2D eigenvalue weighted by atomic mass is 32.1. The summed E-state index contributed by atoms with van der Waals surface area (Å²) in [5.74, 6) is -1.15. The number of hydrogen-bond donors (Lipinski definition) is 2. The lowest BCUT2D eigenvalue weighted by atomic mass is 10.1. The molecule has 1 heterocycles. The first-order valence-electron chi connectivity index (χ1n) is 5.14. The Morgan fingerprint density at radius 3 is 2.88 bits per heavy atom. The Morgan fingerprint density at radius 2 is 2.12 bits per heavy atom. The second-order valence-electron chi connectivity index (χ2n) is 3.57. The number of thiophene rings is 1. The maximum Gasteiger partial charge on any atom is 0.305 e. The molecular formula is C12H11NO3S. The van der Waals surface area contributed by atoms with E-state index in [9.17, 15) is 9.59 Å². The van der Waals surface area contributed by atoms with E-state index in [1.807, 2.05) is 23.6 Å². The summed E-state index contributed by atoms with van der Waals surface area (Å²) in [7, 11) is 0. The van der Waals surface area contributed by atoms with Gasteiger partial charge in [-0.1, -0.05) is 0 Å². The van der Waals surface area contributed by atoms with Crippen LogP contribution in [0.3, 0.4) is 0 Å². The zero-order valence-corrected chi connectivity index (χ0v) is 9.79. The van der Waals surface area contributed by atoms with E-state index in [2.05, 4.69) is 5.32 Å². The molecule has 5 heteroatoms. The largest absolute Gasteiger partial charge is 0.481 e. The molecule has 88 valence electrons. The van der Waals surface area contributed by atoms with E-state index >= 15 is 0 Å². The number of benzene rings is 1. The van der Waals surface area contributed by atoms with Gasteiger partial charge in [-0.15, -0.1) is 11.3 Å². The van der Waals surface area contributed by atoms with Crippen molar-refractivity contribution < 1.29 is 14.7 Å². The predicted octanol–water partition coefficient (Wildman–Crippen LogP) is 2.11. The van der Waals surface area contributed by atoms with E-state index < -0.39 is 5.97 Å². The Morgan fingerprint density at radius 1 is 1.29 bits per heavy atom. The van der Waals surface area contributed by atoms with Crippen molar-refractivity contribution in [2.75, 3.05) is 6.54 Å². The van der Waals surface area contributed by atoms with Gasteiger partial charge in [0.25, 0.3) is 5.91 Å². The van der Waals surface area contributed by atoms with Crippen molar-refractivity contribution in [3.63, 3.8) is 0 Å². The van der Waals surface area contributed by atoms with Gasteiger partial charge < -0.3 is 10.4 Å². The summed E-state index contributed by atoms with van der Waals surface area (Å²) in [6, 6.07) is 7.40. The molecule has 0 spiro atoms. The number of hydrogen-bond acceptors (Lipinski definition) is 3. The summed E-state index contributed by atoms with van der Waals surface area (Å²) < 4.78 is 1.13. The summed E-state index contributed by atoms with van der Waals surface area (Å²) in [4.78, 5) is 22.0. The number of rotatable bonds is 4. The van der Waals surface area contributed by atoms with Crippen LogP contribution in [0.5, 0.6) is 0 Å². The number of amides is 1. The highest BCUT2D eigenvalue weighted by Crippen LogP contribution is 2.21. The summed E-state index contributed by atoms with van der Waals surface area (Å²) in [6.07, 6.45) is -0.0631. The molecule has 0 saturated heterocycles. The topological polar surface area (TPSA) is 66.4 Å². The van der Waals surface area contributed by atoms with Gasteiger partial charge in [-0.2, -0.15) is 0 Å². The Kier molecular flexibility index (Phi) is 3.39. The third-order valence-corrected chi connectivity index (χ3v) is 3.24. The lowest BCUT2D eigenvalue weighted by Gasteiger charge is -2.03. The van der Waals surface area contributed by atoms with Crippen LogP contribution in [0.2, 0.25) is 0 Å². The van der Waals surface area contributed by atoms with Gasteiger partial charge in [0.05, 0.1) is 6.42 Å². The SMILES string of the molecule is O=C(O)CCNC(=O)c1ccc2sccc2c1. The minimum atomic E-state index is -0.918. The minimum Gasteiger partial charge on any atom is -0.481 e. The molecule has 0 aliphatic heterocycles. The Bertz CT molecular complexity index is 562. The number of carbonyl (C=O) groups excluding carboxylic acids is 1. The van der Waals surface area contributed by atoms with Crippen LogP contribution < -0.4 is 5.32 Å². The standard InChI is InChI=1S/C12H11NO3S/c14-11(15)3-5-13-12(16)9-1-2-10-8(7-9)4-6-17-10/h1-2,4,6-7H,3,5H2,(H,13,16)(H,14,15). The van der Waals surface area contributed by atoms with Crippen molar-refractivity contribution in [2.45, 2.75) is 6.42 Å². The van der Waals surface area contributed by atoms with Gasteiger partial charge in [0, 0.05) is 16.8 Å². The smallest absolute Gasteiger partial charge is 0.305 e. The molecule has 1 amide bonds. The van der Waals surface area contributed by atoms with Gasteiger partial charge in [0.2, 0.25) is 0 Å². The van der Waals surface area contributed by atoms with Crippen molar-refractivity contribution in [3.05, 3.63) is 35.2 Å². The first-order valence-corrected chi connectivity index (χ1v) is 6.02. The van der Waals surface area contributed by atoms with E-state index in [4.69, 9.17) is 5.11 Å². The number of carboxylic acid groups (broad SMARTS) is 1. The molecule has 0 saturated carbocycles. The van der Waals surface area contributed by atoms with Gasteiger partial charge in [-0.05, 0) is 35.0 Å². The molecule has 17 heavy (non-hydrogen) atoms. The van der Waals surface area contributed by atoms with Crippen molar-refractivity contribution in [2.24, 2.45) is 0 Å². The van der Waals surface area contributed by atoms with Crippen LogP contribution in [-0.4, -0.2) is 23.5 Å². The molecule has 0 fully saturated rings. The quantitative estimate of drug-likeness (QED) is 0.872. The normalized spacial score (nSPS) is 10.4. The van der Waals surface area contributed by atoms with Crippen molar-refractivity contribution in [1.29, 1.82) is 0 Å². The lowest BCUT2D eigenvalue weighted by Crippen LogP contribution is -2.25. The molecule has 1 aromatic heterocycles. The van der Waals surface area contributed by atoms with Crippen molar-refractivity contribution in [3.8, 4) is 0 Å². The van der Waals surface area contributed by atoms with Crippen molar-refractivity contribution >= 4 is 33.3 Å². The van der Waals surface area contributed by atoms with Crippen LogP contribution in [0.1, 0.15) is 16.8 Å². The number of fused-ring (bicyclic) bond motifs is 1.